The van der Waals surface area contributed by atoms with Crippen LogP contribution in [-0.4, -0.2) is 55.7 Å². The van der Waals surface area contributed by atoms with E-state index < -0.39 is 30.4 Å². The summed E-state index contributed by atoms with van der Waals surface area (Å²) < 4.78 is 14.9. The quantitative estimate of drug-likeness (QED) is 0.420. The standard InChI is InChI=1S/C23H30FN3O5/c1-4-11-25-23(32)22-21(14(2)3)19(10-9-17(28)12-18(29)13-20(30)31)27(26-22)16-7-5-15(24)6-8-16/h5-10,14,17-18,28-29H,4,11-13H2,1-3H3,(H,25,32)(H,30,31). The van der Waals surface area contributed by atoms with Crippen LogP contribution in [-0.2, 0) is 4.79 Å². The molecule has 2 unspecified atom stereocenters. The molecule has 0 saturated heterocycles. The number of aliphatic hydroxyl groups excluding tert-OH is 2. The summed E-state index contributed by atoms with van der Waals surface area (Å²) in [6.07, 6.45) is 0.819. The molecule has 2 aromatic rings. The van der Waals surface area contributed by atoms with E-state index in [0.29, 0.717) is 23.5 Å². The molecule has 1 aromatic heterocycles. The summed E-state index contributed by atoms with van der Waals surface area (Å²) in [6, 6.07) is 5.63. The molecule has 0 spiro atoms. The van der Waals surface area contributed by atoms with Crippen LogP contribution in [0, 0.1) is 5.82 Å². The molecule has 0 radical (unpaired) electrons. The van der Waals surface area contributed by atoms with Crippen LogP contribution in [0.2, 0.25) is 0 Å². The molecule has 8 nitrogen and oxygen atoms in total. The highest BCUT2D eigenvalue weighted by Crippen LogP contribution is 2.28. The molecule has 1 aromatic carbocycles. The minimum absolute atomic E-state index is 0.0963. The maximum absolute atomic E-state index is 13.4. The molecule has 9 heteroatoms. The van der Waals surface area contributed by atoms with Crippen molar-refractivity contribution in [3.05, 3.63) is 53.1 Å². The molecular formula is C23H30FN3O5. The molecule has 2 atom stereocenters. The van der Waals surface area contributed by atoms with Gasteiger partial charge < -0.3 is 20.6 Å². The lowest BCUT2D eigenvalue weighted by Gasteiger charge is -2.12. The van der Waals surface area contributed by atoms with Crippen molar-refractivity contribution in [2.45, 2.75) is 58.2 Å². The fourth-order valence-corrected chi connectivity index (χ4v) is 3.29. The molecule has 1 heterocycles. The van der Waals surface area contributed by atoms with E-state index in [2.05, 4.69) is 10.4 Å². The second-order valence-corrected chi connectivity index (χ2v) is 7.86. The predicted octanol–water partition coefficient (Wildman–Crippen LogP) is 2.87. The Bertz CT molecular complexity index is 953. The number of amides is 1. The number of halogens is 1. The molecule has 0 aliphatic rings. The Balaban J connectivity index is 2.49. The van der Waals surface area contributed by atoms with Gasteiger partial charge in [0, 0.05) is 18.5 Å². The zero-order valence-electron chi connectivity index (χ0n) is 18.5. The zero-order chi connectivity index (χ0) is 23.8. The zero-order valence-corrected chi connectivity index (χ0v) is 18.5. The third kappa shape index (κ3) is 6.73. The van der Waals surface area contributed by atoms with Crippen LogP contribution < -0.4 is 5.32 Å². The van der Waals surface area contributed by atoms with E-state index in [-0.39, 0.29) is 23.9 Å². The van der Waals surface area contributed by atoms with Crippen LogP contribution in [0.25, 0.3) is 11.8 Å². The largest absolute Gasteiger partial charge is 0.481 e. The maximum Gasteiger partial charge on any atom is 0.305 e. The molecule has 4 N–H and O–H groups in total. The Labute approximate surface area is 186 Å². The molecule has 32 heavy (non-hydrogen) atoms. The first-order valence-corrected chi connectivity index (χ1v) is 10.6. The number of rotatable bonds is 11. The molecule has 0 bridgehead atoms. The minimum atomic E-state index is -1.20. The number of carboxylic acid groups (broad SMARTS) is 1. The molecular weight excluding hydrogens is 417 g/mol. The van der Waals surface area contributed by atoms with Crippen molar-refractivity contribution in [3.63, 3.8) is 0 Å². The van der Waals surface area contributed by atoms with E-state index in [1.54, 1.807) is 6.08 Å². The van der Waals surface area contributed by atoms with Gasteiger partial charge in [-0.25, -0.2) is 9.07 Å². The number of aliphatic carboxylic acids is 1. The van der Waals surface area contributed by atoms with Crippen LogP contribution in [0.3, 0.4) is 0 Å². The highest BCUT2D eigenvalue weighted by Gasteiger charge is 2.24. The first-order valence-electron chi connectivity index (χ1n) is 10.6. The number of aromatic nitrogens is 2. The fraction of sp³-hybridized carbons (Fsp3) is 0.435. The van der Waals surface area contributed by atoms with Crippen LogP contribution in [0.1, 0.15) is 67.7 Å². The average molecular weight is 448 g/mol. The molecule has 1 amide bonds. The number of hydrogen-bond acceptors (Lipinski definition) is 5. The third-order valence-corrected chi connectivity index (χ3v) is 4.76. The number of nitrogens with one attached hydrogen (secondary N) is 1. The molecule has 2 rings (SSSR count). The lowest BCUT2D eigenvalue weighted by Crippen LogP contribution is -2.25. The first-order chi connectivity index (χ1) is 15.1. The number of carbonyl (C=O) groups excluding carboxylic acids is 1. The van der Waals surface area contributed by atoms with E-state index in [9.17, 15) is 24.2 Å². The second kappa shape index (κ2) is 11.5. The van der Waals surface area contributed by atoms with Crippen LogP contribution in [0.5, 0.6) is 0 Å². The van der Waals surface area contributed by atoms with Crippen molar-refractivity contribution in [2.75, 3.05) is 6.54 Å². The van der Waals surface area contributed by atoms with Crippen molar-refractivity contribution in [1.82, 2.24) is 15.1 Å². The topological polar surface area (TPSA) is 125 Å². The predicted molar refractivity (Wildman–Crippen MR) is 118 cm³/mol. The Kier molecular flexibility index (Phi) is 9.10. The van der Waals surface area contributed by atoms with Gasteiger partial charge in [0.05, 0.1) is 30.0 Å². The number of nitrogens with zero attached hydrogens (tertiary/aromatic N) is 2. The van der Waals surface area contributed by atoms with Gasteiger partial charge in [0.1, 0.15) is 5.82 Å². The van der Waals surface area contributed by atoms with Crippen molar-refractivity contribution in [1.29, 1.82) is 0 Å². The molecule has 0 aliphatic heterocycles. The molecule has 0 fully saturated rings. The summed E-state index contributed by atoms with van der Waals surface area (Å²) in [6.45, 7) is 6.25. The fourth-order valence-electron chi connectivity index (χ4n) is 3.29. The van der Waals surface area contributed by atoms with E-state index >= 15 is 0 Å². The number of carboxylic acids is 1. The van der Waals surface area contributed by atoms with Crippen molar-refractivity contribution < 1.29 is 29.3 Å². The highest BCUT2D eigenvalue weighted by atomic mass is 19.1. The average Bonchev–Trinajstić information content (AvgIpc) is 3.10. The van der Waals surface area contributed by atoms with Gasteiger partial charge in [-0.1, -0.05) is 26.8 Å². The summed E-state index contributed by atoms with van der Waals surface area (Å²) >= 11 is 0. The first kappa shape index (κ1) is 25.2. The maximum atomic E-state index is 13.4. The summed E-state index contributed by atoms with van der Waals surface area (Å²) in [7, 11) is 0. The van der Waals surface area contributed by atoms with E-state index in [4.69, 9.17) is 5.11 Å². The van der Waals surface area contributed by atoms with E-state index in [0.717, 1.165) is 6.42 Å². The molecule has 174 valence electrons. The Hall–Kier alpha value is -3.04. The number of carbonyl (C=O) groups is 2. The lowest BCUT2D eigenvalue weighted by molar-refractivity contribution is -0.139. The van der Waals surface area contributed by atoms with Gasteiger partial charge in [-0.15, -0.1) is 0 Å². The number of hydrogen-bond donors (Lipinski definition) is 4. The monoisotopic (exact) mass is 447 g/mol. The van der Waals surface area contributed by atoms with Crippen LogP contribution in [0.15, 0.2) is 30.3 Å². The van der Waals surface area contributed by atoms with Gasteiger partial charge in [-0.3, -0.25) is 9.59 Å². The van der Waals surface area contributed by atoms with Crippen molar-refractivity contribution in [3.8, 4) is 5.69 Å². The molecule has 0 aliphatic carbocycles. The molecule has 0 saturated carbocycles. The van der Waals surface area contributed by atoms with Crippen molar-refractivity contribution in [2.24, 2.45) is 0 Å². The Morgan fingerprint density at radius 2 is 1.88 bits per heavy atom. The summed E-state index contributed by atoms with van der Waals surface area (Å²) in [5.41, 5.74) is 1.94. The van der Waals surface area contributed by atoms with Gasteiger partial charge >= 0.3 is 5.97 Å². The van der Waals surface area contributed by atoms with Gasteiger partial charge in [0.25, 0.3) is 5.91 Å². The van der Waals surface area contributed by atoms with E-state index in [1.165, 1.54) is 35.0 Å². The third-order valence-electron chi connectivity index (χ3n) is 4.76. The highest BCUT2D eigenvalue weighted by molar-refractivity contribution is 5.95. The van der Waals surface area contributed by atoms with Gasteiger partial charge in [-0.2, -0.15) is 5.10 Å². The Morgan fingerprint density at radius 3 is 2.44 bits per heavy atom. The number of aliphatic hydroxyl groups is 2. The summed E-state index contributed by atoms with van der Waals surface area (Å²) in [5.74, 6) is -2.00. The van der Waals surface area contributed by atoms with Crippen LogP contribution in [0.4, 0.5) is 4.39 Å². The van der Waals surface area contributed by atoms with Gasteiger partial charge in [-0.05, 0) is 42.7 Å². The minimum Gasteiger partial charge on any atom is -0.481 e. The summed E-state index contributed by atoms with van der Waals surface area (Å²) in [4.78, 5) is 23.5. The van der Waals surface area contributed by atoms with Crippen molar-refractivity contribution >= 4 is 18.0 Å². The lowest BCUT2D eigenvalue weighted by atomic mass is 9.98. The smallest absolute Gasteiger partial charge is 0.305 e. The number of benzene rings is 1. The SMILES string of the molecule is CCCNC(=O)c1nn(-c2ccc(F)cc2)c(C=CC(O)CC(O)CC(=O)O)c1C(C)C. The van der Waals surface area contributed by atoms with Gasteiger partial charge in [0.2, 0.25) is 0 Å². The summed E-state index contributed by atoms with van der Waals surface area (Å²) in [5, 5.41) is 36.1. The normalized spacial score (nSPS) is 13.5. The van der Waals surface area contributed by atoms with Gasteiger partial charge in [0.15, 0.2) is 5.69 Å². The Morgan fingerprint density at radius 1 is 1.22 bits per heavy atom. The second-order valence-electron chi connectivity index (χ2n) is 7.86. The van der Waals surface area contributed by atoms with E-state index in [1.807, 2.05) is 20.8 Å². The van der Waals surface area contributed by atoms with Crippen LogP contribution >= 0.6 is 0 Å².